The molecule has 1 aliphatic carbocycles. The number of hydrogen-bond acceptors (Lipinski definition) is 12. The van der Waals surface area contributed by atoms with E-state index in [-0.39, 0.29) is 36.8 Å². The van der Waals surface area contributed by atoms with Crippen molar-refractivity contribution in [3.8, 4) is 23.8 Å². The Labute approximate surface area is 289 Å². The highest BCUT2D eigenvalue weighted by atomic mass is 16.7. The van der Waals surface area contributed by atoms with E-state index in [1.807, 2.05) is 0 Å². The summed E-state index contributed by atoms with van der Waals surface area (Å²) in [6.45, 7) is 0.838. The predicted molar refractivity (Wildman–Crippen MR) is 180 cm³/mol. The van der Waals surface area contributed by atoms with E-state index in [2.05, 4.69) is 15.9 Å². The molecule has 0 bridgehead atoms. The highest BCUT2D eigenvalue weighted by Gasteiger charge is 2.32. The Morgan fingerprint density at radius 3 is 2.24 bits per heavy atom. The van der Waals surface area contributed by atoms with E-state index < -0.39 is 24.8 Å². The second-order valence-corrected chi connectivity index (χ2v) is 11.6. The minimum absolute atomic E-state index is 0.0959. The van der Waals surface area contributed by atoms with Crippen LogP contribution in [0.25, 0.3) is 10.9 Å². The minimum Gasteiger partial charge on any atom is -0.487 e. The van der Waals surface area contributed by atoms with Crippen LogP contribution in [0.1, 0.15) is 31.2 Å². The highest BCUT2D eigenvalue weighted by Crippen LogP contribution is 2.38. The zero-order valence-electron chi connectivity index (χ0n) is 27.9. The average Bonchev–Trinajstić information content (AvgIpc) is 3.44. The Morgan fingerprint density at radius 2 is 1.58 bits per heavy atom. The van der Waals surface area contributed by atoms with Gasteiger partial charge < -0.3 is 28.4 Å². The lowest BCUT2D eigenvalue weighted by Gasteiger charge is -2.29. The van der Waals surface area contributed by atoms with Gasteiger partial charge in [-0.1, -0.05) is 12.0 Å². The van der Waals surface area contributed by atoms with Crippen LogP contribution in [0.5, 0.6) is 11.5 Å². The fraction of sp³-hybridized carbons (Fsp3) is 0.389. The van der Waals surface area contributed by atoms with Crippen LogP contribution in [0.2, 0.25) is 0 Å². The van der Waals surface area contributed by atoms with Crippen molar-refractivity contribution in [2.24, 2.45) is 11.8 Å². The number of terminal acetylenes is 1. The largest absolute Gasteiger partial charge is 0.487 e. The number of nitrogens with zero attached hydrogens (tertiary/aromatic N) is 4. The van der Waals surface area contributed by atoms with Crippen molar-refractivity contribution in [1.29, 1.82) is 0 Å². The first kappa shape index (κ1) is 35.8. The Kier molecular flexibility index (Phi) is 12.3. The molecule has 2 aromatic carbocycles. The number of amides is 3. The second kappa shape index (κ2) is 17.2. The number of hydrogen-bond donors (Lipinski definition) is 0. The van der Waals surface area contributed by atoms with E-state index in [9.17, 15) is 19.2 Å². The van der Waals surface area contributed by atoms with E-state index in [0.29, 0.717) is 79.1 Å². The molecule has 1 aliphatic heterocycles. The number of fused-ring (bicyclic) bond motifs is 1. The maximum absolute atomic E-state index is 13.8. The number of imide groups is 1. The number of anilines is 2. The first-order valence-electron chi connectivity index (χ1n) is 16.1. The Hall–Kier alpha value is -5.52. The molecule has 1 aromatic heterocycles. The van der Waals surface area contributed by atoms with Crippen LogP contribution in [0.3, 0.4) is 0 Å². The molecule has 14 nitrogen and oxygen atoms in total. The number of esters is 1. The molecule has 1 saturated carbocycles. The molecule has 50 heavy (non-hydrogen) atoms. The molecule has 3 aromatic rings. The lowest BCUT2D eigenvalue weighted by Crippen LogP contribution is -2.37. The molecule has 3 amide bonds. The fourth-order valence-corrected chi connectivity index (χ4v) is 5.74. The first-order chi connectivity index (χ1) is 24.3. The maximum atomic E-state index is 13.8. The third-order valence-corrected chi connectivity index (χ3v) is 8.34. The Morgan fingerprint density at radius 1 is 0.900 bits per heavy atom. The molecule has 2 heterocycles. The summed E-state index contributed by atoms with van der Waals surface area (Å²) in [4.78, 5) is 61.8. The SMILES string of the molecule is C#Cc1cccc(N(C(=O)OCOC(=O)C2CCC(CN3C(=O)C=CC3=O)CC2)c2ncnc3cc(OCCOC)c(OCCOC)cc23)c1. The third kappa shape index (κ3) is 8.73. The molecule has 1 fully saturated rings. The number of ether oxygens (including phenoxy) is 6. The Balaban J connectivity index is 1.31. The summed E-state index contributed by atoms with van der Waals surface area (Å²) in [6.07, 6.45) is 10.9. The smallest absolute Gasteiger partial charge is 0.423 e. The van der Waals surface area contributed by atoms with Gasteiger partial charge in [0.1, 0.15) is 19.5 Å². The van der Waals surface area contributed by atoms with Crippen LogP contribution in [0.4, 0.5) is 16.3 Å². The van der Waals surface area contributed by atoms with Crippen molar-refractivity contribution in [2.75, 3.05) is 58.9 Å². The van der Waals surface area contributed by atoms with Gasteiger partial charge in [0.05, 0.1) is 30.3 Å². The van der Waals surface area contributed by atoms with Crippen molar-refractivity contribution in [3.05, 3.63) is 60.4 Å². The number of carbonyl (C=O) groups is 4. The van der Waals surface area contributed by atoms with Gasteiger partial charge in [0, 0.05) is 49.9 Å². The zero-order valence-corrected chi connectivity index (χ0v) is 27.9. The average molecular weight is 687 g/mol. The van der Waals surface area contributed by atoms with Gasteiger partial charge in [0.2, 0.25) is 6.79 Å². The normalized spacial score (nSPS) is 17.0. The molecule has 14 heteroatoms. The summed E-state index contributed by atoms with van der Waals surface area (Å²) in [5, 5.41) is 0.434. The summed E-state index contributed by atoms with van der Waals surface area (Å²) in [5.74, 6) is 2.05. The molecule has 2 aliphatic rings. The summed E-state index contributed by atoms with van der Waals surface area (Å²) < 4.78 is 33.0. The summed E-state index contributed by atoms with van der Waals surface area (Å²) in [7, 11) is 3.13. The summed E-state index contributed by atoms with van der Waals surface area (Å²) in [6, 6.07) is 10.0. The fourth-order valence-electron chi connectivity index (χ4n) is 5.74. The van der Waals surface area contributed by atoms with E-state index in [0.717, 1.165) is 0 Å². The second-order valence-electron chi connectivity index (χ2n) is 11.6. The van der Waals surface area contributed by atoms with Crippen molar-refractivity contribution >= 4 is 46.3 Å². The van der Waals surface area contributed by atoms with Gasteiger partial charge in [-0.15, -0.1) is 6.42 Å². The maximum Gasteiger partial charge on any atom is 0.423 e. The number of carbonyl (C=O) groups excluding carboxylic acids is 4. The quantitative estimate of drug-likeness (QED) is 0.0741. The standard InChI is InChI=1S/C36H38N4O10/c1-4-24-6-5-7-27(18-24)40(34-28-19-30(47-16-14-45-2)31(48-17-15-46-3)20-29(28)37-22-38-34)36(44)50-23-49-35(43)26-10-8-25(9-11-26)21-39-32(41)12-13-33(39)42/h1,5-7,12-13,18-20,22,25-26H,8-11,14-17,21,23H2,2-3H3. The van der Waals surface area contributed by atoms with Crippen molar-refractivity contribution in [3.63, 3.8) is 0 Å². The van der Waals surface area contributed by atoms with Crippen molar-refractivity contribution < 1.29 is 47.6 Å². The molecule has 0 saturated heterocycles. The molecule has 0 N–H and O–H groups in total. The van der Waals surface area contributed by atoms with Crippen LogP contribution < -0.4 is 14.4 Å². The van der Waals surface area contributed by atoms with Crippen molar-refractivity contribution in [2.45, 2.75) is 25.7 Å². The van der Waals surface area contributed by atoms with Gasteiger partial charge in [-0.25, -0.2) is 19.7 Å². The van der Waals surface area contributed by atoms with Gasteiger partial charge in [0.15, 0.2) is 17.3 Å². The van der Waals surface area contributed by atoms with Gasteiger partial charge in [0.25, 0.3) is 11.8 Å². The van der Waals surface area contributed by atoms with Gasteiger partial charge in [-0.05, 0) is 55.9 Å². The monoisotopic (exact) mass is 686 g/mol. The number of rotatable bonds is 15. The number of methoxy groups -OCH3 is 2. The van der Waals surface area contributed by atoms with Crippen LogP contribution in [0.15, 0.2) is 54.9 Å². The Bertz CT molecular complexity index is 1760. The highest BCUT2D eigenvalue weighted by molar-refractivity contribution is 6.12. The lowest BCUT2D eigenvalue weighted by atomic mass is 9.82. The predicted octanol–water partition coefficient (Wildman–Crippen LogP) is 4.17. The van der Waals surface area contributed by atoms with E-state index in [4.69, 9.17) is 34.8 Å². The van der Waals surface area contributed by atoms with Crippen molar-refractivity contribution in [1.82, 2.24) is 14.9 Å². The minimum atomic E-state index is -0.883. The summed E-state index contributed by atoms with van der Waals surface area (Å²) in [5.41, 5.74) is 1.31. The van der Waals surface area contributed by atoms with E-state index >= 15 is 0 Å². The van der Waals surface area contributed by atoms with Gasteiger partial charge >= 0.3 is 12.1 Å². The summed E-state index contributed by atoms with van der Waals surface area (Å²) >= 11 is 0. The molecule has 0 radical (unpaired) electrons. The lowest BCUT2D eigenvalue weighted by molar-refractivity contribution is -0.158. The number of benzene rings is 2. The topological polar surface area (TPSA) is 156 Å². The van der Waals surface area contributed by atoms with Crippen LogP contribution in [-0.4, -0.2) is 92.7 Å². The molecule has 0 atom stereocenters. The first-order valence-corrected chi connectivity index (χ1v) is 16.1. The third-order valence-electron chi connectivity index (χ3n) is 8.34. The molecule has 262 valence electrons. The van der Waals surface area contributed by atoms with Crippen LogP contribution in [0, 0.1) is 24.2 Å². The van der Waals surface area contributed by atoms with Crippen LogP contribution >= 0.6 is 0 Å². The van der Waals surface area contributed by atoms with Gasteiger partial charge in [-0.3, -0.25) is 19.3 Å². The van der Waals surface area contributed by atoms with E-state index in [1.54, 1.807) is 50.6 Å². The molecule has 0 unspecified atom stereocenters. The van der Waals surface area contributed by atoms with E-state index in [1.165, 1.54) is 28.3 Å². The van der Waals surface area contributed by atoms with Crippen LogP contribution in [-0.2, 0) is 33.3 Å². The van der Waals surface area contributed by atoms with Gasteiger partial charge in [-0.2, -0.15) is 0 Å². The molecular weight excluding hydrogens is 648 g/mol. The zero-order chi connectivity index (χ0) is 35.5. The molecule has 5 rings (SSSR count). The number of aromatic nitrogens is 2. The molecular formula is C36H38N4O10. The molecule has 0 spiro atoms.